The van der Waals surface area contributed by atoms with Crippen molar-refractivity contribution in [2.45, 2.75) is 34.7 Å². The standard InChI is InChI=1S/C27H24Cl2N4O7/c1-30-22(35)26(28)13-17-16(9-10-31-24(37)32(25(38)33(17)31)14-7-5-4-6-8-14)21(27(26,29)23(30)36)20-18(34)11-15(39-2)12-19(20)40-3/h4-9,11-12,17,21,34H,10,13H2,1-3H3/t17-,21-,26-,27+/m1/s1. The van der Waals surface area contributed by atoms with E-state index in [0.29, 0.717) is 11.3 Å². The Morgan fingerprint density at radius 2 is 1.68 bits per heavy atom. The maximum atomic E-state index is 13.8. The number of rotatable bonds is 4. The smallest absolute Gasteiger partial charge is 0.352 e. The number of fused-ring (bicyclic) bond motifs is 4. The fourth-order valence-electron chi connectivity index (χ4n) is 6.29. The predicted molar refractivity (Wildman–Crippen MR) is 145 cm³/mol. The highest BCUT2D eigenvalue weighted by atomic mass is 35.5. The number of likely N-dealkylation sites (tertiary alicyclic amines) is 1. The molecule has 1 saturated heterocycles. The van der Waals surface area contributed by atoms with Crippen LogP contribution in [0.1, 0.15) is 23.9 Å². The number of amides is 2. The zero-order valence-corrected chi connectivity index (χ0v) is 23.1. The number of aromatic hydroxyl groups is 1. The minimum absolute atomic E-state index is 0.0320. The van der Waals surface area contributed by atoms with E-state index in [1.165, 1.54) is 42.8 Å². The topological polar surface area (TPSA) is 125 Å². The first-order chi connectivity index (χ1) is 19.0. The Kier molecular flexibility index (Phi) is 5.76. The van der Waals surface area contributed by atoms with Gasteiger partial charge in [-0.15, -0.1) is 23.2 Å². The van der Waals surface area contributed by atoms with E-state index in [-0.39, 0.29) is 35.8 Å². The van der Waals surface area contributed by atoms with Crippen molar-refractivity contribution in [1.82, 2.24) is 18.8 Å². The summed E-state index contributed by atoms with van der Waals surface area (Å²) in [6.07, 6.45) is 1.43. The second-order valence-electron chi connectivity index (χ2n) is 9.96. The average Bonchev–Trinajstić information content (AvgIpc) is 3.28. The number of halogens is 2. The Morgan fingerprint density at radius 1 is 0.975 bits per heavy atom. The summed E-state index contributed by atoms with van der Waals surface area (Å²) in [4.78, 5) is 51.3. The van der Waals surface area contributed by atoms with Crippen LogP contribution in [0.2, 0.25) is 0 Å². The first-order valence-corrected chi connectivity index (χ1v) is 13.1. The molecule has 1 N–H and O–H groups in total. The van der Waals surface area contributed by atoms with E-state index in [0.717, 1.165) is 9.47 Å². The molecule has 0 bridgehead atoms. The Balaban J connectivity index is 1.65. The molecule has 0 spiro atoms. The Labute approximate surface area is 237 Å². The summed E-state index contributed by atoms with van der Waals surface area (Å²) in [6, 6.07) is 10.3. The third kappa shape index (κ3) is 3.13. The molecule has 3 aliphatic rings. The van der Waals surface area contributed by atoms with Crippen LogP contribution in [-0.2, 0) is 16.1 Å². The van der Waals surface area contributed by atoms with Gasteiger partial charge in [-0.05, 0) is 17.7 Å². The van der Waals surface area contributed by atoms with Gasteiger partial charge in [-0.2, -0.15) is 0 Å². The monoisotopic (exact) mass is 586 g/mol. The molecule has 2 fully saturated rings. The molecule has 1 aliphatic carbocycles. The molecule has 1 aromatic heterocycles. The van der Waals surface area contributed by atoms with Crippen LogP contribution in [0.15, 0.2) is 63.7 Å². The van der Waals surface area contributed by atoms with Crippen LogP contribution >= 0.6 is 23.2 Å². The molecule has 208 valence electrons. The van der Waals surface area contributed by atoms with Crippen LogP contribution < -0.4 is 20.9 Å². The number of hydrogen-bond donors (Lipinski definition) is 1. The first kappa shape index (κ1) is 26.3. The first-order valence-electron chi connectivity index (χ1n) is 12.4. The van der Waals surface area contributed by atoms with Crippen molar-refractivity contribution in [2.75, 3.05) is 21.3 Å². The van der Waals surface area contributed by atoms with Crippen molar-refractivity contribution in [3.63, 3.8) is 0 Å². The van der Waals surface area contributed by atoms with Crippen LogP contribution in [-0.4, -0.2) is 66.8 Å². The lowest BCUT2D eigenvalue weighted by Gasteiger charge is -2.49. The molecule has 2 aliphatic heterocycles. The van der Waals surface area contributed by atoms with Crippen LogP contribution in [0, 0.1) is 0 Å². The van der Waals surface area contributed by atoms with Gasteiger partial charge in [0, 0.05) is 37.1 Å². The third-order valence-corrected chi connectivity index (χ3v) is 9.55. The maximum absolute atomic E-state index is 13.8. The van der Waals surface area contributed by atoms with Gasteiger partial charge in [-0.25, -0.2) is 23.5 Å². The summed E-state index contributed by atoms with van der Waals surface area (Å²) in [6.45, 7) is -0.0320. The van der Waals surface area contributed by atoms with Crippen LogP contribution in [0.25, 0.3) is 5.69 Å². The number of para-hydroxylation sites is 1. The summed E-state index contributed by atoms with van der Waals surface area (Å²) in [5, 5.41) is 11.2. The van der Waals surface area contributed by atoms with Gasteiger partial charge in [-0.1, -0.05) is 24.3 Å². The lowest BCUT2D eigenvalue weighted by Crippen LogP contribution is -2.59. The molecule has 13 heteroatoms. The number of ether oxygens (including phenoxy) is 2. The average molecular weight is 587 g/mol. The summed E-state index contributed by atoms with van der Waals surface area (Å²) in [5.41, 5.74) is -0.320. The van der Waals surface area contributed by atoms with Gasteiger partial charge in [0.2, 0.25) is 0 Å². The van der Waals surface area contributed by atoms with Crippen molar-refractivity contribution in [2.24, 2.45) is 0 Å². The molecule has 0 radical (unpaired) electrons. The normalized spacial score (nSPS) is 27.1. The summed E-state index contributed by atoms with van der Waals surface area (Å²) >= 11 is 14.3. The van der Waals surface area contributed by atoms with Gasteiger partial charge in [-0.3, -0.25) is 14.5 Å². The van der Waals surface area contributed by atoms with Crippen molar-refractivity contribution in [3.8, 4) is 22.9 Å². The number of phenols is 1. The van der Waals surface area contributed by atoms with E-state index >= 15 is 0 Å². The molecule has 0 unspecified atom stereocenters. The predicted octanol–water partition coefficient (Wildman–Crippen LogP) is 2.15. The lowest BCUT2D eigenvalue weighted by molar-refractivity contribution is -0.137. The molecule has 3 heterocycles. The van der Waals surface area contributed by atoms with E-state index in [2.05, 4.69) is 0 Å². The van der Waals surface area contributed by atoms with Gasteiger partial charge >= 0.3 is 11.4 Å². The van der Waals surface area contributed by atoms with Gasteiger partial charge in [0.05, 0.1) is 32.5 Å². The minimum Gasteiger partial charge on any atom is -0.507 e. The summed E-state index contributed by atoms with van der Waals surface area (Å²) < 4.78 is 14.4. The van der Waals surface area contributed by atoms with Crippen LogP contribution in [0.5, 0.6) is 17.2 Å². The number of alkyl halides is 2. The van der Waals surface area contributed by atoms with Crippen molar-refractivity contribution < 1.29 is 24.2 Å². The number of aromatic nitrogens is 3. The summed E-state index contributed by atoms with van der Waals surface area (Å²) in [7, 11) is 4.07. The molecule has 6 rings (SSSR count). The number of allylic oxidation sites excluding steroid dienone is 2. The van der Waals surface area contributed by atoms with Crippen LogP contribution in [0.3, 0.4) is 0 Å². The number of nitrogens with zero attached hydrogens (tertiary/aromatic N) is 4. The number of carbonyl (C=O) groups is 2. The molecule has 4 atom stereocenters. The number of imide groups is 1. The van der Waals surface area contributed by atoms with Crippen molar-refractivity contribution in [3.05, 3.63) is 80.6 Å². The highest BCUT2D eigenvalue weighted by Crippen LogP contribution is 2.65. The molecular formula is C27H24Cl2N4O7. The van der Waals surface area contributed by atoms with E-state index in [1.54, 1.807) is 36.4 Å². The van der Waals surface area contributed by atoms with Gasteiger partial charge in [0.25, 0.3) is 11.8 Å². The Bertz CT molecular complexity index is 1740. The minimum atomic E-state index is -2.09. The van der Waals surface area contributed by atoms with E-state index in [4.69, 9.17) is 32.7 Å². The second kappa shape index (κ2) is 8.77. The zero-order chi connectivity index (χ0) is 28.7. The SMILES string of the molecule is COc1cc(O)c([C@H]2C3=CCn4c(=O)n(-c5ccccc5)c(=O)n4[C@@H]3C[C@@]3(Cl)C(=O)N(C)C(=O)[C@@]23Cl)c(OC)c1. The van der Waals surface area contributed by atoms with E-state index in [9.17, 15) is 24.3 Å². The molecule has 11 nitrogen and oxygen atoms in total. The highest BCUT2D eigenvalue weighted by molar-refractivity contribution is 6.53. The van der Waals surface area contributed by atoms with Gasteiger partial charge < -0.3 is 14.6 Å². The number of methoxy groups -OCH3 is 2. The van der Waals surface area contributed by atoms with Gasteiger partial charge in [0.15, 0.2) is 9.75 Å². The highest BCUT2D eigenvalue weighted by Gasteiger charge is 2.75. The molecule has 2 amide bonds. The maximum Gasteiger partial charge on any atom is 0.352 e. The Hall–Kier alpha value is -3.96. The largest absolute Gasteiger partial charge is 0.507 e. The quantitative estimate of drug-likeness (QED) is 0.282. The van der Waals surface area contributed by atoms with E-state index in [1.807, 2.05) is 0 Å². The molecule has 2 aromatic carbocycles. The van der Waals surface area contributed by atoms with E-state index < -0.39 is 44.9 Å². The fraction of sp³-hybridized carbons (Fsp3) is 0.333. The molecular weight excluding hydrogens is 563 g/mol. The lowest BCUT2D eigenvalue weighted by atomic mass is 9.64. The molecule has 3 aromatic rings. The number of benzene rings is 2. The Morgan fingerprint density at radius 3 is 2.33 bits per heavy atom. The second-order valence-corrected chi connectivity index (χ2v) is 11.2. The van der Waals surface area contributed by atoms with Crippen molar-refractivity contribution in [1.29, 1.82) is 0 Å². The van der Waals surface area contributed by atoms with Crippen LogP contribution in [0.4, 0.5) is 0 Å². The number of carbonyl (C=O) groups excluding carboxylic acids is 2. The molecule has 1 saturated carbocycles. The zero-order valence-electron chi connectivity index (χ0n) is 21.6. The summed E-state index contributed by atoms with van der Waals surface area (Å²) in [5.74, 6) is -2.63. The molecule has 40 heavy (non-hydrogen) atoms. The number of phenolic OH excluding ortho intramolecular Hbond substituents is 1. The van der Waals surface area contributed by atoms with Crippen molar-refractivity contribution >= 4 is 35.0 Å². The third-order valence-electron chi connectivity index (χ3n) is 8.13. The van der Waals surface area contributed by atoms with Gasteiger partial charge in [0.1, 0.15) is 17.2 Å². The number of hydrogen-bond acceptors (Lipinski definition) is 7. The fourth-order valence-corrected chi connectivity index (χ4v) is 7.27.